The number of ether oxygens (including phenoxy) is 2. The molecule has 0 spiro atoms. The molecule has 0 aliphatic carbocycles. The van der Waals surface area contributed by atoms with Crippen LogP contribution in [0.15, 0.2) is 54.6 Å². The number of halogens is 1. The molecule has 1 aromatic heterocycles. The van der Waals surface area contributed by atoms with Crippen LogP contribution in [0.1, 0.15) is 38.7 Å². The maximum absolute atomic E-state index is 13.4. The minimum absolute atomic E-state index is 0.313. The highest BCUT2D eigenvalue weighted by Crippen LogP contribution is 2.34. The van der Waals surface area contributed by atoms with Gasteiger partial charge in [0.05, 0.1) is 18.3 Å². The number of aliphatic hydroxyl groups is 1. The fourth-order valence-corrected chi connectivity index (χ4v) is 3.86. The molecule has 0 saturated heterocycles. The molecule has 1 N–H and O–H groups in total. The Kier molecular flexibility index (Phi) is 10.1. The summed E-state index contributed by atoms with van der Waals surface area (Å²) in [5.41, 5.74) is 2.74. The van der Waals surface area contributed by atoms with Crippen LogP contribution in [0.5, 0.6) is 11.6 Å². The Labute approximate surface area is 201 Å². The molecule has 0 saturated carbocycles. The highest BCUT2D eigenvalue weighted by atomic mass is 19.1. The smallest absolute Gasteiger partial charge is 0.222 e. The summed E-state index contributed by atoms with van der Waals surface area (Å²) < 4.78 is 26.9. The van der Waals surface area contributed by atoms with Gasteiger partial charge in [-0.05, 0) is 43.7 Å². The summed E-state index contributed by atoms with van der Waals surface area (Å²) in [6.45, 7) is 7.06. The first kappa shape index (κ1) is 25.9. The number of unbranched alkanes of at least 4 members (excludes halogenated alkanes) is 1. The van der Waals surface area contributed by atoms with E-state index < -0.39 is 6.10 Å². The van der Waals surface area contributed by atoms with Crippen molar-refractivity contribution in [1.29, 1.82) is 0 Å². The number of hydrogen-bond acceptors (Lipinski definition) is 5. The lowest BCUT2D eigenvalue weighted by molar-refractivity contribution is 0.0143. The molecule has 0 unspecified atom stereocenters. The summed E-state index contributed by atoms with van der Waals surface area (Å²) in [4.78, 5) is 2.20. The third kappa shape index (κ3) is 7.38. The van der Waals surface area contributed by atoms with Crippen LogP contribution in [-0.4, -0.2) is 52.2 Å². The van der Waals surface area contributed by atoms with Crippen LogP contribution in [-0.2, 0) is 18.3 Å². The van der Waals surface area contributed by atoms with Crippen molar-refractivity contribution in [2.24, 2.45) is 7.05 Å². The Morgan fingerprint density at radius 2 is 1.79 bits per heavy atom. The molecule has 3 rings (SSSR count). The van der Waals surface area contributed by atoms with Crippen molar-refractivity contribution in [3.8, 4) is 22.9 Å². The van der Waals surface area contributed by atoms with Gasteiger partial charge in [0.15, 0.2) is 0 Å². The molecule has 0 bridgehead atoms. The number of nitrogens with zero attached hydrogens (tertiary/aromatic N) is 3. The summed E-state index contributed by atoms with van der Waals surface area (Å²) in [6, 6.07) is 15.9. The zero-order valence-electron chi connectivity index (χ0n) is 20.4. The monoisotopic (exact) mass is 469 g/mol. The maximum atomic E-state index is 13.4. The number of aliphatic hydroxyl groups excluding tert-OH is 1. The van der Waals surface area contributed by atoms with Crippen molar-refractivity contribution in [3.63, 3.8) is 0 Å². The van der Waals surface area contributed by atoms with E-state index in [9.17, 15) is 9.50 Å². The van der Waals surface area contributed by atoms with Crippen LogP contribution in [0.2, 0.25) is 0 Å². The van der Waals surface area contributed by atoms with E-state index in [1.54, 1.807) is 16.8 Å². The SMILES string of the molecule is CCCCOC[C@@H](O)CN(CCC)Cc1c(-c2ccccc2)nn(C)c1Oc1ccc(F)cc1. The van der Waals surface area contributed by atoms with Gasteiger partial charge in [0, 0.05) is 32.3 Å². The Morgan fingerprint density at radius 1 is 1.06 bits per heavy atom. The molecule has 1 atom stereocenters. The average Bonchev–Trinajstić information content (AvgIpc) is 3.14. The molecule has 3 aromatic rings. The van der Waals surface area contributed by atoms with Gasteiger partial charge in [-0.1, -0.05) is 50.6 Å². The van der Waals surface area contributed by atoms with Crippen LogP contribution >= 0.6 is 0 Å². The zero-order valence-corrected chi connectivity index (χ0v) is 20.4. The van der Waals surface area contributed by atoms with E-state index in [-0.39, 0.29) is 5.82 Å². The van der Waals surface area contributed by atoms with Crippen LogP contribution < -0.4 is 4.74 Å². The van der Waals surface area contributed by atoms with E-state index in [2.05, 4.69) is 18.7 Å². The maximum Gasteiger partial charge on any atom is 0.222 e. The van der Waals surface area contributed by atoms with Gasteiger partial charge >= 0.3 is 0 Å². The number of benzene rings is 2. The topological polar surface area (TPSA) is 59.8 Å². The molecule has 34 heavy (non-hydrogen) atoms. The Bertz CT molecular complexity index is 992. The van der Waals surface area contributed by atoms with Crippen LogP contribution in [0.25, 0.3) is 11.3 Å². The number of aromatic nitrogens is 2. The molecular weight excluding hydrogens is 433 g/mol. The molecule has 1 heterocycles. The zero-order chi connectivity index (χ0) is 24.3. The highest BCUT2D eigenvalue weighted by Gasteiger charge is 2.23. The number of hydrogen-bond donors (Lipinski definition) is 1. The van der Waals surface area contributed by atoms with Gasteiger partial charge in [-0.2, -0.15) is 5.10 Å². The van der Waals surface area contributed by atoms with Crippen molar-refractivity contribution < 1.29 is 19.0 Å². The molecule has 0 radical (unpaired) electrons. The van der Waals surface area contributed by atoms with E-state index in [0.29, 0.717) is 37.9 Å². The van der Waals surface area contributed by atoms with Gasteiger partial charge in [0.2, 0.25) is 5.88 Å². The second kappa shape index (κ2) is 13.2. The summed E-state index contributed by atoms with van der Waals surface area (Å²) in [6.07, 6.45) is 2.42. The Hall–Kier alpha value is -2.74. The average molecular weight is 470 g/mol. The predicted octanol–water partition coefficient (Wildman–Crippen LogP) is 5.41. The van der Waals surface area contributed by atoms with Crippen LogP contribution in [0.3, 0.4) is 0 Å². The van der Waals surface area contributed by atoms with E-state index in [0.717, 1.165) is 42.6 Å². The Morgan fingerprint density at radius 3 is 2.47 bits per heavy atom. The van der Waals surface area contributed by atoms with E-state index in [1.807, 2.05) is 37.4 Å². The lowest BCUT2D eigenvalue weighted by Crippen LogP contribution is -2.35. The quantitative estimate of drug-likeness (QED) is 0.320. The largest absolute Gasteiger partial charge is 0.439 e. The van der Waals surface area contributed by atoms with E-state index >= 15 is 0 Å². The third-order valence-corrected chi connectivity index (χ3v) is 5.51. The molecule has 0 aliphatic heterocycles. The number of rotatable bonds is 14. The fraction of sp³-hybridized carbons (Fsp3) is 0.444. The van der Waals surface area contributed by atoms with Crippen molar-refractivity contribution in [2.75, 3.05) is 26.3 Å². The molecule has 6 nitrogen and oxygen atoms in total. The van der Waals surface area contributed by atoms with Crippen molar-refractivity contribution in [2.45, 2.75) is 45.8 Å². The molecule has 0 amide bonds. The molecular formula is C27H36FN3O3. The first-order chi connectivity index (χ1) is 16.5. The normalized spacial score (nSPS) is 12.3. The summed E-state index contributed by atoms with van der Waals surface area (Å²) in [7, 11) is 1.84. The number of aryl methyl sites for hydroxylation is 1. The summed E-state index contributed by atoms with van der Waals surface area (Å²) in [5.74, 6) is 0.823. The second-order valence-corrected chi connectivity index (χ2v) is 8.50. The molecule has 2 aromatic carbocycles. The van der Waals surface area contributed by atoms with Crippen LogP contribution in [0.4, 0.5) is 4.39 Å². The molecule has 0 aliphatic rings. The van der Waals surface area contributed by atoms with Gasteiger partial charge < -0.3 is 14.6 Å². The molecule has 7 heteroatoms. The molecule has 0 fully saturated rings. The van der Waals surface area contributed by atoms with Gasteiger partial charge in [0.1, 0.15) is 17.3 Å². The lowest BCUT2D eigenvalue weighted by atomic mass is 10.1. The standard InChI is InChI=1S/C27H36FN3O3/c1-4-6-17-33-20-23(32)18-31(16-5-2)19-25-26(21-10-8-7-9-11-21)29-30(3)27(25)34-24-14-12-22(28)13-15-24/h7-15,23,32H,4-6,16-20H2,1-3H3/t23-/m0/s1. The van der Waals surface area contributed by atoms with Crippen LogP contribution in [0, 0.1) is 5.82 Å². The minimum atomic E-state index is -0.582. The Balaban J connectivity index is 1.87. The van der Waals surface area contributed by atoms with Gasteiger partial charge in [0.25, 0.3) is 0 Å². The fourth-order valence-electron chi connectivity index (χ4n) is 3.86. The van der Waals surface area contributed by atoms with Gasteiger partial charge in [-0.15, -0.1) is 0 Å². The van der Waals surface area contributed by atoms with Crippen molar-refractivity contribution >= 4 is 0 Å². The summed E-state index contributed by atoms with van der Waals surface area (Å²) in [5, 5.41) is 15.4. The molecule has 184 valence electrons. The minimum Gasteiger partial charge on any atom is -0.439 e. The highest BCUT2D eigenvalue weighted by molar-refractivity contribution is 5.65. The van der Waals surface area contributed by atoms with Crippen molar-refractivity contribution in [3.05, 3.63) is 66.0 Å². The first-order valence-corrected chi connectivity index (χ1v) is 12.0. The van der Waals surface area contributed by atoms with Gasteiger partial charge in [-0.3, -0.25) is 4.90 Å². The van der Waals surface area contributed by atoms with Crippen molar-refractivity contribution in [1.82, 2.24) is 14.7 Å². The van der Waals surface area contributed by atoms with Gasteiger partial charge in [-0.25, -0.2) is 9.07 Å². The van der Waals surface area contributed by atoms with E-state index in [4.69, 9.17) is 14.6 Å². The predicted molar refractivity (Wildman–Crippen MR) is 132 cm³/mol. The summed E-state index contributed by atoms with van der Waals surface area (Å²) >= 11 is 0. The first-order valence-electron chi connectivity index (χ1n) is 12.0. The second-order valence-electron chi connectivity index (χ2n) is 8.50. The lowest BCUT2D eigenvalue weighted by Gasteiger charge is -2.25. The van der Waals surface area contributed by atoms with E-state index in [1.165, 1.54) is 12.1 Å². The third-order valence-electron chi connectivity index (χ3n) is 5.51.